The molecule has 0 atom stereocenters. The zero-order chi connectivity index (χ0) is 12.2. The predicted molar refractivity (Wildman–Crippen MR) is 70.6 cm³/mol. The molecular formula is C15H29N. The fraction of sp³-hybridized carbons (Fsp3) is 1.00. The van der Waals surface area contributed by atoms with Gasteiger partial charge < -0.3 is 0 Å². The molecule has 0 N–H and O–H groups in total. The lowest BCUT2D eigenvalue weighted by Crippen LogP contribution is -2.69. The number of piperidine rings is 2. The second-order valence-electron chi connectivity index (χ2n) is 8.01. The maximum Gasteiger partial charge on any atom is 0.0263 e. The van der Waals surface area contributed by atoms with Crippen molar-refractivity contribution in [2.24, 2.45) is 11.3 Å². The molecule has 16 heavy (non-hydrogen) atoms. The predicted octanol–water partition coefficient (Wildman–Crippen LogP) is 4.08. The van der Waals surface area contributed by atoms with Crippen LogP contribution in [0.15, 0.2) is 0 Å². The maximum absolute atomic E-state index is 2.83. The molecule has 0 aromatic heterocycles. The van der Waals surface area contributed by atoms with Gasteiger partial charge in [0.05, 0.1) is 0 Å². The van der Waals surface area contributed by atoms with Crippen molar-refractivity contribution >= 4 is 0 Å². The van der Waals surface area contributed by atoms with Crippen molar-refractivity contribution in [3.8, 4) is 0 Å². The molecule has 0 unspecified atom stereocenters. The van der Waals surface area contributed by atoms with E-state index < -0.39 is 0 Å². The normalized spacial score (nSPS) is 36.8. The first-order chi connectivity index (χ1) is 7.17. The van der Waals surface area contributed by atoms with Crippen molar-refractivity contribution in [1.29, 1.82) is 0 Å². The first-order valence-electron chi connectivity index (χ1n) is 6.95. The van der Waals surface area contributed by atoms with Crippen LogP contribution in [0, 0.1) is 11.3 Å². The van der Waals surface area contributed by atoms with Gasteiger partial charge in [-0.15, -0.1) is 0 Å². The number of fused-ring (bicyclic) bond motifs is 3. The van der Waals surface area contributed by atoms with E-state index in [1.807, 2.05) is 0 Å². The highest BCUT2D eigenvalue weighted by Gasteiger charge is 2.55. The summed E-state index contributed by atoms with van der Waals surface area (Å²) in [6.07, 6.45) is 5.75. The van der Waals surface area contributed by atoms with Gasteiger partial charge in [-0.05, 0) is 57.8 Å². The summed E-state index contributed by atoms with van der Waals surface area (Å²) in [7, 11) is 0. The van der Waals surface area contributed by atoms with Gasteiger partial charge in [-0.25, -0.2) is 0 Å². The van der Waals surface area contributed by atoms with Crippen LogP contribution in [-0.2, 0) is 0 Å². The van der Waals surface area contributed by atoms with E-state index in [-0.39, 0.29) is 0 Å². The van der Waals surface area contributed by atoms with Gasteiger partial charge in [-0.1, -0.05) is 20.8 Å². The van der Waals surface area contributed by atoms with Crippen LogP contribution in [0.25, 0.3) is 0 Å². The summed E-state index contributed by atoms with van der Waals surface area (Å²) < 4.78 is 0. The molecule has 0 amide bonds. The molecule has 2 aliphatic heterocycles. The molecule has 3 rings (SSSR count). The van der Waals surface area contributed by atoms with Crippen molar-refractivity contribution in [3.05, 3.63) is 0 Å². The van der Waals surface area contributed by atoms with Crippen molar-refractivity contribution in [2.45, 2.75) is 78.3 Å². The molecule has 1 nitrogen and oxygen atoms in total. The molecule has 3 fully saturated rings. The lowest BCUT2D eigenvalue weighted by atomic mass is 9.58. The summed E-state index contributed by atoms with van der Waals surface area (Å²) in [4.78, 5) is 2.83. The van der Waals surface area contributed by atoms with Gasteiger partial charge in [0.25, 0.3) is 0 Å². The Morgan fingerprint density at radius 1 is 0.938 bits per heavy atom. The summed E-state index contributed by atoms with van der Waals surface area (Å²) >= 11 is 0. The van der Waals surface area contributed by atoms with Crippen molar-refractivity contribution in [1.82, 2.24) is 4.90 Å². The molecule has 1 heteroatoms. The molecule has 0 spiro atoms. The highest BCUT2D eigenvalue weighted by molar-refractivity contribution is 5.09. The molecule has 2 saturated heterocycles. The second-order valence-corrected chi connectivity index (χ2v) is 8.01. The number of rotatable bonds is 0. The SMILES string of the molecule is CC(C)(C)N1CC2CCC1(C(C)(C)C)CC2. The Labute approximate surface area is 102 Å². The summed E-state index contributed by atoms with van der Waals surface area (Å²) in [5.74, 6) is 0.975. The van der Waals surface area contributed by atoms with Gasteiger partial charge in [0.2, 0.25) is 0 Å². The van der Waals surface area contributed by atoms with Crippen molar-refractivity contribution in [2.75, 3.05) is 6.54 Å². The Bertz CT molecular complexity index is 258. The van der Waals surface area contributed by atoms with E-state index in [1.165, 1.54) is 32.2 Å². The fourth-order valence-electron chi connectivity index (χ4n) is 4.11. The third-order valence-corrected chi connectivity index (χ3v) is 5.10. The van der Waals surface area contributed by atoms with Crippen LogP contribution in [0.5, 0.6) is 0 Å². The number of hydrogen-bond acceptors (Lipinski definition) is 1. The summed E-state index contributed by atoms with van der Waals surface area (Å²) in [6, 6.07) is 0. The van der Waals surface area contributed by atoms with Crippen LogP contribution in [-0.4, -0.2) is 22.5 Å². The molecule has 0 aromatic carbocycles. The Morgan fingerprint density at radius 2 is 1.44 bits per heavy atom. The van der Waals surface area contributed by atoms with Crippen LogP contribution in [0.4, 0.5) is 0 Å². The monoisotopic (exact) mass is 223 g/mol. The van der Waals surface area contributed by atoms with Crippen molar-refractivity contribution in [3.63, 3.8) is 0 Å². The minimum absolute atomic E-state index is 0.326. The summed E-state index contributed by atoms with van der Waals surface area (Å²) in [5, 5.41) is 0. The highest BCUT2D eigenvalue weighted by Crippen LogP contribution is 2.54. The van der Waals surface area contributed by atoms with E-state index >= 15 is 0 Å². The van der Waals surface area contributed by atoms with Gasteiger partial charge in [0.15, 0.2) is 0 Å². The third kappa shape index (κ3) is 1.72. The zero-order valence-corrected chi connectivity index (χ0v) is 12.1. The van der Waals surface area contributed by atoms with Gasteiger partial charge in [-0.3, -0.25) is 4.90 Å². The number of nitrogens with zero attached hydrogens (tertiary/aromatic N) is 1. The zero-order valence-electron chi connectivity index (χ0n) is 12.1. The lowest BCUT2D eigenvalue weighted by molar-refractivity contribution is -0.140. The van der Waals surface area contributed by atoms with E-state index in [1.54, 1.807) is 0 Å². The smallest absolute Gasteiger partial charge is 0.0263 e. The Hall–Kier alpha value is -0.0400. The summed E-state index contributed by atoms with van der Waals surface area (Å²) in [6.45, 7) is 15.8. The Kier molecular flexibility index (Phi) is 2.70. The standard InChI is InChI=1S/C15H29N/c1-13(2,3)15-9-7-12(8-10-15)11-16(15)14(4,5)6/h12H,7-11H2,1-6H3. The number of hydrogen-bond donors (Lipinski definition) is 0. The highest BCUT2D eigenvalue weighted by atomic mass is 15.3. The van der Waals surface area contributed by atoms with E-state index in [2.05, 4.69) is 46.4 Å². The molecule has 0 aromatic rings. The third-order valence-electron chi connectivity index (χ3n) is 5.10. The maximum atomic E-state index is 2.83. The molecule has 94 valence electrons. The minimum Gasteiger partial charge on any atom is -0.292 e. The van der Waals surface area contributed by atoms with E-state index in [0.717, 1.165) is 5.92 Å². The van der Waals surface area contributed by atoms with Gasteiger partial charge >= 0.3 is 0 Å². The van der Waals surface area contributed by atoms with Crippen LogP contribution < -0.4 is 0 Å². The molecule has 1 aliphatic carbocycles. The Morgan fingerprint density at radius 3 is 1.75 bits per heavy atom. The lowest BCUT2D eigenvalue weighted by Gasteiger charge is -2.64. The van der Waals surface area contributed by atoms with Crippen LogP contribution >= 0.6 is 0 Å². The van der Waals surface area contributed by atoms with Crippen molar-refractivity contribution < 1.29 is 0 Å². The van der Waals surface area contributed by atoms with E-state index in [9.17, 15) is 0 Å². The largest absolute Gasteiger partial charge is 0.292 e. The fourth-order valence-corrected chi connectivity index (χ4v) is 4.11. The first-order valence-corrected chi connectivity index (χ1v) is 6.95. The van der Waals surface area contributed by atoms with Crippen LogP contribution in [0.3, 0.4) is 0 Å². The molecule has 3 aliphatic rings. The molecule has 0 radical (unpaired) electrons. The topological polar surface area (TPSA) is 3.24 Å². The average molecular weight is 223 g/mol. The van der Waals surface area contributed by atoms with Gasteiger partial charge in [0, 0.05) is 17.6 Å². The van der Waals surface area contributed by atoms with E-state index in [0.29, 0.717) is 16.5 Å². The Balaban J connectivity index is 2.37. The quantitative estimate of drug-likeness (QED) is 0.598. The summed E-state index contributed by atoms with van der Waals surface area (Å²) in [5.41, 5.74) is 1.19. The first kappa shape index (κ1) is 12.4. The molecular weight excluding hydrogens is 194 g/mol. The second kappa shape index (κ2) is 3.48. The van der Waals surface area contributed by atoms with Crippen LogP contribution in [0.1, 0.15) is 67.2 Å². The molecule has 1 saturated carbocycles. The van der Waals surface area contributed by atoms with Gasteiger partial charge in [-0.2, -0.15) is 0 Å². The van der Waals surface area contributed by atoms with Gasteiger partial charge in [0.1, 0.15) is 0 Å². The van der Waals surface area contributed by atoms with E-state index in [4.69, 9.17) is 0 Å². The molecule has 2 heterocycles. The minimum atomic E-state index is 0.326. The van der Waals surface area contributed by atoms with Crippen LogP contribution in [0.2, 0.25) is 0 Å². The molecule has 2 bridgehead atoms. The average Bonchev–Trinajstić information content (AvgIpc) is 2.16.